The van der Waals surface area contributed by atoms with Crippen molar-refractivity contribution in [1.82, 2.24) is 10.2 Å². The first-order chi connectivity index (χ1) is 14.4. The number of amides is 2. The van der Waals surface area contributed by atoms with Gasteiger partial charge >= 0.3 is 0 Å². The summed E-state index contributed by atoms with van der Waals surface area (Å²) in [6.45, 7) is 2.64. The molecule has 3 heterocycles. The molecular weight excluding hydrogens is 384 g/mol. The topological polar surface area (TPSA) is 88.8 Å². The van der Waals surface area contributed by atoms with Crippen LogP contribution in [0.3, 0.4) is 0 Å². The van der Waals surface area contributed by atoms with Gasteiger partial charge in [0.05, 0.1) is 10.9 Å². The summed E-state index contributed by atoms with van der Waals surface area (Å²) in [7, 11) is 0. The maximum absolute atomic E-state index is 13.0. The van der Waals surface area contributed by atoms with Crippen molar-refractivity contribution in [2.75, 3.05) is 13.1 Å². The number of likely N-dealkylation sites (tertiary alicyclic amines) is 1. The van der Waals surface area contributed by atoms with E-state index in [0.29, 0.717) is 48.2 Å². The van der Waals surface area contributed by atoms with E-state index in [2.05, 4.69) is 5.32 Å². The monoisotopic (exact) mass is 404 g/mol. The van der Waals surface area contributed by atoms with E-state index in [1.165, 1.54) is 6.07 Å². The predicted molar refractivity (Wildman–Crippen MR) is 110 cm³/mol. The van der Waals surface area contributed by atoms with Crippen LogP contribution in [-0.2, 0) is 0 Å². The maximum Gasteiger partial charge on any atom is 0.289 e. The van der Waals surface area contributed by atoms with Gasteiger partial charge in [0.1, 0.15) is 11.3 Å². The average Bonchev–Trinajstić information content (AvgIpc) is 2.74. The molecule has 0 aliphatic carbocycles. The standard InChI is InChI=1S/C23H20N2O5/c1-14-6-7-18-16(12-14)17(26)13-20(29-18)22(28)25-10-8-23(9-11-25)24-21(27)15-4-2-3-5-19(15)30-23/h2-7,12-13H,8-11H2,1H3,(H,24,27). The number of fused-ring (bicyclic) bond motifs is 2. The molecule has 7 nitrogen and oxygen atoms in total. The Morgan fingerprint density at radius 3 is 2.63 bits per heavy atom. The minimum Gasteiger partial charge on any atom is -0.467 e. The third-order valence-corrected chi connectivity index (χ3v) is 5.73. The molecule has 1 fully saturated rings. The molecule has 0 atom stereocenters. The van der Waals surface area contributed by atoms with Crippen LogP contribution in [0.5, 0.6) is 5.75 Å². The number of carbonyl (C=O) groups is 2. The minimum atomic E-state index is -0.829. The van der Waals surface area contributed by atoms with Gasteiger partial charge in [-0.25, -0.2) is 0 Å². The summed E-state index contributed by atoms with van der Waals surface area (Å²) in [5, 5.41) is 3.41. The fourth-order valence-corrected chi connectivity index (χ4v) is 4.08. The third-order valence-electron chi connectivity index (χ3n) is 5.73. The smallest absolute Gasteiger partial charge is 0.289 e. The molecule has 7 heteroatoms. The van der Waals surface area contributed by atoms with Crippen LogP contribution in [0.25, 0.3) is 11.0 Å². The lowest BCUT2D eigenvalue weighted by Gasteiger charge is -2.44. The summed E-state index contributed by atoms with van der Waals surface area (Å²) < 4.78 is 11.8. The molecule has 30 heavy (non-hydrogen) atoms. The lowest BCUT2D eigenvalue weighted by atomic mass is 9.96. The van der Waals surface area contributed by atoms with Crippen molar-refractivity contribution < 1.29 is 18.7 Å². The van der Waals surface area contributed by atoms with E-state index in [4.69, 9.17) is 9.15 Å². The minimum absolute atomic E-state index is 0.0197. The van der Waals surface area contributed by atoms with Crippen molar-refractivity contribution in [2.24, 2.45) is 0 Å². The van der Waals surface area contributed by atoms with Gasteiger partial charge in [-0.2, -0.15) is 0 Å². The van der Waals surface area contributed by atoms with Crippen LogP contribution in [0.1, 0.15) is 39.3 Å². The summed E-state index contributed by atoms with van der Waals surface area (Å²) in [5.41, 5.74) is 0.783. The van der Waals surface area contributed by atoms with Gasteiger partial charge < -0.3 is 19.4 Å². The molecule has 2 aliphatic heterocycles. The van der Waals surface area contributed by atoms with E-state index < -0.39 is 5.72 Å². The van der Waals surface area contributed by atoms with E-state index in [-0.39, 0.29) is 23.0 Å². The van der Waals surface area contributed by atoms with Gasteiger partial charge in [0.15, 0.2) is 16.9 Å². The summed E-state index contributed by atoms with van der Waals surface area (Å²) in [6, 6.07) is 13.7. The number of rotatable bonds is 1. The van der Waals surface area contributed by atoms with Crippen LogP contribution >= 0.6 is 0 Å². The van der Waals surface area contributed by atoms with Gasteiger partial charge in [0.25, 0.3) is 11.8 Å². The van der Waals surface area contributed by atoms with Crippen molar-refractivity contribution in [1.29, 1.82) is 0 Å². The number of ether oxygens (including phenoxy) is 1. The van der Waals surface area contributed by atoms with E-state index in [9.17, 15) is 14.4 Å². The molecule has 1 spiro atoms. The Bertz CT molecular complexity index is 1240. The molecular formula is C23H20N2O5. The Morgan fingerprint density at radius 1 is 1.07 bits per heavy atom. The Hall–Kier alpha value is -3.61. The van der Waals surface area contributed by atoms with Crippen molar-refractivity contribution >= 4 is 22.8 Å². The van der Waals surface area contributed by atoms with Crippen molar-refractivity contribution in [3.63, 3.8) is 0 Å². The predicted octanol–water partition coefficient (Wildman–Crippen LogP) is 2.86. The molecule has 0 saturated carbocycles. The lowest BCUT2D eigenvalue weighted by Crippen LogP contribution is -2.61. The zero-order chi connectivity index (χ0) is 20.9. The highest BCUT2D eigenvalue weighted by molar-refractivity contribution is 5.98. The third kappa shape index (κ3) is 3.03. The van der Waals surface area contributed by atoms with Gasteiger partial charge in [-0.3, -0.25) is 14.4 Å². The normalized spacial score (nSPS) is 17.4. The zero-order valence-corrected chi connectivity index (χ0v) is 16.4. The highest BCUT2D eigenvalue weighted by atomic mass is 16.5. The number of para-hydroxylation sites is 1. The van der Waals surface area contributed by atoms with Crippen molar-refractivity contribution in [2.45, 2.75) is 25.5 Å². The maximum atomic E-state index is 13.0. The second-order valence-electron chi connectivity index (χ2n) is 7.81. The Kier molecular flexibility index (Phi) is 4.13. The van der Waals surface area contributed by atoms with Gasteiger partial charge in [0, 0.05) is 32.0 Å². The second kappa shape index (κ2) is 6.73. The van der Waals surface area contributed by atoms with Crippen LogP contribution in [-0.4, -0.2) is 35.5 Å². The number of benzene rings is 2. The molecule has 152 valence electrons. The average molecular weight is 404 g/mol. The highest BCUT2D eigenvalue weighted by Gasteiger charge is 2.43. The van der Waals surface area contributed by atoms with Gasteiger partial charge in [-0.15, -0.1) is 0 Å². The van der Waals surface area contributed by atoms with Gasteiger partial charge in [0.2, 0.25) is 0 Å². The summed E-state index contributed by atoms with van der Waals surface area (Å²) in [5.74, 6) is 0.0579. The molecule has 1 aromatic heterocycles. The first-order valence-corrected chi connectivity index (χ1v) is 9.88. The molecule has 0 radical (unpaired) electrons. The van der Waals surface area contributed by atoms with Crippen molar-refractivity contribution in [3.8, 4) is 5.75 Å². The number of nitrogens with one attached hydrogen (secondary N) is 1. The number of aryl methyl sites for hydroxylation is 1. The number of hydrogen-bond acceptors (Lipinski definition) is 5. The Morgan fingerprint density at radius 2 is 1.83 bits per heavy atom. The summed E-state index contributed by atoms with van der Waals surface area (Å²) in [4.78, 5) is 39.5. The molecule has 1 N–H and O–H groups in total. The van der Waals surface area contributed by atoms with E-state index in [0.717, 1.165) is 5.56 Å². The summed E-state index contributed by atoms with van der Waals surface area (Å²) >= 11 is 0. The SMILES string of the molecule is Cc1ccc2oc(C(=O)N3CCC4(CC3)NC(=O)c3ccccc3O4)cc(=O)c2c1. The number of carbonyl (C=O) groups excluding carboxylic acids is 2. The van der Waals surface area contributed by atoms with E-state index in [1.54, 1.807) is 35.2 Å². The molecule has 0 bridgehead atoms. The fraction of sp³-hybridized carbons (Fsp3) is 0.261. The summed E-state index contributed by atoms with van der Waals surface area (Å²) in [6.07, 6.45) is 0.881. The number of piperidine rings is 1. The molecule has 2 aliphatic rings. The van der Waals surface area contributed by atoms with Crippen LogP contribution in [0, 0.1) is 6.92 Å². The van der Waals surface area contributed by atoms with Gasteiger partial charge in [-0.1, -0.05) is 23.8 Å². The van der Waals surface area contributed by atoms with E-state index in [1.807, 2.05) is 19.1 Å². The van der Waals surface area contributed by atoms with Crippen LogP contribution < -0.4 is 15.5 Å². The second-order valence-corrected chi connectivity index (χ2v) is 7.81. The molecule has 2 amide bonds. The first-order valence-electron chi connectivity index (χ1n) is 9.88. The van der Waals surface area contributed by atoms with Crippen LogP contribution in [0.4, 0.5) is 0 Å². The Balaban J connectivity index is 1.36. The molecule has 2 aromatic carbocycles. The lowest BCUT2D eigenvalue weighted by molar-refractivity contribution is -0.0250. The molecule has 0 unspecified atom stereocenters. The first kappa shape index (κ1) is 18.4. The quantitative estimate of drug-likeness (QED) is 0.674. The molecule has 3 aromatic rings. The van der Waals surface area contributed by atoms with Crippen LogP contribution in [0.15, 0.2) is 57.7 Å². The highest BCUT2D eigenvalue weighted by Crippen LogP contribution is 2.33. The van der Waals surface area contributed by atoms with Gasteiger partial charge in [-0.05, 0) is 31.2 Å². The molecule has 1 saturated heterocycles. The Labute approximate surface area is 172 Å². The number of nitrogens with zero attached hydrogens (tertiary/aromatic N) is 1. The fourth-order valence-electron chi connectivity index (χ4n) is 4.08. The van der Waals surface area contributed by atoms with Crippen molar-refractivity contribution in [3.05, 3.63) is 75.6 Å². The zero-order valence-electron chi connectivity index (χ0n) is 16.4. The van der Waals surface area contributed by atoms with E-state index >= 15 is 0 Å². The van der Waals surface area contributed by atoms with Crippen LogP contribution in [0.2, 0.25) is 0 Å². The number of hydrogen-bond donors (Lipinski definition) is 1. The molecule has 5 rings (SSSR count). The largest absolute Gasteiger partial charge is 0.467 e.